The largest absolute Gasteiger partial charge is 0.320 e. The zero-order valence-corrected chi connectivity index (χ0v) is 22.4. The lowest BCUT2D eigenvalue weighted by molar-refractivity contribution is -0.941. The molecule has 0 saturated carbocycles. The van der Waals surface area contributed by atoms with E-state index >= 15 is 0 Å². The molecule has 2 bridgehead atoms. The van der Waals surface area contributed by atoms with Crippen molar-refractivity contribution >= 4 is 0 Å². The van der Waals surface area contributed by atoms with Crippen LogP contribution in [0.15, 0.2) is 0 Å². The molecule has 0 N–H and O–H groups in total. The fourth-order valence-corrected chi connectivity index (χ4v) is 6.12. The minimum Gasteiger partial charge on any atom is -0.320 e. The quantitative estimate of drug-likeness (QED) is 0.111. The Labute approximate surface area is 203 Å². The Balaban J connectivity index is 1.20. The van der Waals surface area contributed by atoms with Crippen molar-refractivity contribution in [2.45, 2.75) is 148 Å². The van der Waals surface area contributed by atoms with Crippen molar-refractivity contribution in [2.75, 3.05) is 45.8 Å². The molecule has 0 aromatic heterocycles. The Kier molecular flexibility index (Phi) is 16.9. The van der Waals surface area contributed by atoms with Crippen LogP contribution in [0.5, 0.6) is 0 Å². The van der Waals surface area contributed by atoms with Crippen molar-refractivity contribution in [3.05, 3.63) is 0 Å². The zero-order chi connectivity index (χ0) is 22.6. The van der Waals surface area contributed by atoms with Gasteiger partial charge in [-0.2, -0.15) is 0 Å². The van der Waals surface area contributed by atoms with Gasteiger partial charge in [-0.05, 0) is 12.8 Å². The predicted molar refractivity (Wildman–Crippen MR) is 143 cm³/mol. The summed E-state index contributed by atoms with van der Waals surface area (Å²) in [5.41, 5.74) is 0. The molecule has 0 aromatic rings. The number of unbranched alkanes of at least 4 members (excludes halogenated alkanes) is 21. The normalized spacial score (nSPS) is 22.6. The molecule has 3 rings (SSSR count). The Morgan fingerprint density at radius 2 is 0.688 bits per heavy atom. The van der Waals surface area contributed by atoms with Crippen LogP contribution in [0.3, 0.4) is 0 Å². The van der Waals surface area contributed by atoms with E-state index in [-0.39, 0.29) is 0 Å². The first-order valence-electron chi connectivity index (χ1n) is 15.4. The van der Waals surface area contributed by atoms with Gasteiger partial charge < -0.3 is 4.48 Å². The molecular formula is C30H61N2+. The molecule has 0 unspecified atom stereocenters. The molecule has 190 valence electrons. The van der Waals surface area contributed by atoms with E-state index in [0.29, 0.717) is 0 Å². The van der Waals surface area contributed by atoms with Crippen molar-refractivity contribution in [3.63, 3.8) is 0 Å². The Bertz CT molecular complexity index is 386. The molecule has 3 aliphatic rings. The van der Waals surface area contributed by atoms with Crippen LogP contribution in [0.2, 0.25) is 0 Å². The van der Waals surface area contributed by atoms with Gasteiger partial charge in [-0.15, -0.1) is 0 Å². The van der Waals surface area contributed by atoms with Crippen LogP contribution >= 0.6 is 0 Å². The third-order valence-corrected chi connectivity index (χ3v) is 8.66. The first kappa shape index (κ1) is 28.2. The highest BCUT2D eigenvalue weighted by Crippen LogP contribution is 2.21. The van der Waals surface area contributed by atoms with Gasteiger partial charge in [0.2, 0.25) is 0 Å². The number of hydrogen-bond acceptors (Lipinski definition) is 1. The molecule has 2 heteroatoms. The van der Waals surface area contributed by atoms with Gasteiger partial charge in [-0.3, -0.25) is 4.90 Å². The summed E-state index contributed by atoms with van der Waals surface area (Å²) in [4.78, 5) is 2.67. The van der Waals surface area contributed by atoms with Crippen molar-refractivity contribution < 1.29 is 4.48 Å². The van der Waals surface area contributed by atoms with Gasteiger partial charge in [-0.1, -0.05) is 135 Å². The molecule has 0 aliphatic carbocycles. The lowest BCUT2D eigenvalue weighted by atomic mass is 10.0. The highest BCUT2D eigenvalue weighted by atomic mass is 15.4. The van der Waals surface area contributed by atoms with Crippen LogP contribution in [0.4, 0.5) is 0 Å². The van der Waals surface area contributed by atoms with Crippen molar-refractivity contribution in [3.8, 4) is 0 Å². The first-order chi connectivity index (χ1) is 15.8. The molecule has 2 nitrogen and oxygen atoms in total. The molecule has 3 heterocycles. The standard InChI is InChI=1S/C30H61N2/c1-2-3-4-5-6-7-8-9-10-11-12-13-14-15-16-17-18-19-20-21-22-23-27-32-28-24-31(25-29-32)26-30-32/h2-30H2,1H3/q+1. The number of nitrogens with zero attached hydrogens (tertiary/aromatic N) is 2. The highest BCUT2D eigenvalue weighted by molar-refractivity contribution is 4.70. The topological polar surface area (TPSA) is 3.24 Å². The first-order valence-corrected chi connectivity index (χ1v) is 15.4. The SMILES string of the molecule is CCCCCCCCCCCCCCCCCCCCCCCC[N+]12CCN(CC1)CC2. The van der Waals surface area contributed by atoms with Crippen molar-refractivity contribution in [1.82, 2.24) is 4.90 Å². The highest BCUT2D eigenvalue weighted by Gasteiger charge is 2.37. The van der Waals surface area contributed by atoms with Gasteiger partial charge in [0.1, 0.15) is 0 Å². The third-order valence-electron chi connectivity index (χ3n) is 8.66. The summed E-state index contributed by atoms with van der Waals surface area (Å²) in [5, 5.41) is 0. The molecule has 0 aromatic carbocycles. The van der Waals surface area contributed by atoms with E-state index in [1.807, 2.05) is 0 Å². The molecule has 0 atom stereocenters. The molecule has 0 spiro atoms. The second-order valence-electron chi connectivity index (χ2n) is 11.5. The Hall–Kier alpha value is -0.0800. The van der Waals surface area contributed by atoms with E-state index in [9.17, 15) is 0 Å². The molecular weight excluding hydrogens is 388 g/mol. The number of fused-ring (bicyclic) bond motifs is 3. The average molecular weight is 450 g/mol. The number of piperazine rings is 3. The van der Waals surface area contributed by atoms with E-state index in [1.165, 1.54) is 192 Å². The van der Waals surface area contributed by atoms with Gasteiger partial charge in [0.15, 0.2) is 0 Å². The summed E-state index contributed by atoms with van der Waals surface area (Å²) < 4.78 is 1.47. The molecule has 0 amide bonds. The minimum absolute atomic E-state index is 1.37. The lowest BCUT2D eigenvalue weighted by Crippen LogP contribution is -2.67. The van der Waals surface area contributed by atoms with E-state index in [4.69, 9.17) is 0 Å². The predicted octanol–water partition coefficient (Wildman–Crippen LogP) is 8.73. The maximum absolute atomic E-state index is 2.67. The smallest absolute Gasteiger partial charge is 0.0916 e. The van der Waals surface area contributed by atoms with E-state index < -0.39 is 0 Å². The van der Waals surface area contributed by atoms with Gasteiger partial charge in [0.05, 0.1) is 26.2 Å². The van der Waals surface area contributed by atoms with Crippen LogP contribution in [0.25, 0.3) is 0 Å². The third kappa shape index (κ3) is 13.6. The zero-order valence-electron chi connectivity index (χ0n) is 22.4. The number of rotatable bonds is 23. The molecule has 3 aliphatic heterocycles. The summed E-state index contributed by atoms with van der Waals surface area (Å²) in [6, 6.07) is 0. The number of hydrogen-bond donors (Lipinski definition) is 0. The second kappa shape index (κ2) is 19.2. The lowest BCUT2D eigenvalue weighted by Gasteiger charge is -2.50. The average Bonchev–Trinajstić information content (AvgIpc) is 2.83. The fourth-order valence-electron chi connectivity index (χ4n) is 6.12. The van der Waals surface area contributed by atoms with Crippen molar-refractivity contribution in [2.24, 2.45) is 0 Å². The number of quaternary nitrogens is 1. The molecule has 32 heavy (non-hydrogen) atoms. The van der Waals surface area contributed by atoms with Crippen LogP contribution in [0, 0.1) is 0 Å². The van der Waals surface area contributed by atoms with Gasteiger partial charge in [-0.25, -0.2) is 0 Å². The summed E-state index contributed by atoms with van der Waals surface area (Å²) in [6.45, 7) is 12.2. The Morgan fingerprint density at radius 1 is 0.406 bits per heavy atom. The molecule has 3 fully saturated rings. The van der Waals surface area contributed by atoms with Gasteiger partial charge in [0.25, 0.3) is 0 Å². The molecule has 0 radical (unpaired) electrons. The van der Waals surface area contributed by atoms with Gasteiger partial charge in [0, 0.05) is 19.6 Å². The van der Waals surface area contributed by atoms with Crippen molar-refractivity contribution in [1.29, 1.82) is 0 Å². The fraction of sp³-hybridized carbons (Fsp3) is 1.00. The maximum Gasteiger partial charge on any atom is 0.0916 e. The van der Waals surface area contributed by atoms with Crippen LogP contribution in [-0.4, -0.2) is 55.2 Å². The van der Waals surface area contributed by atoms with E-state index in [1.54, 1.807) is 0 Å². The Morgan fingerprint density at radius 3 is 1.00 bits per heavy atom. The summed E-state index contributed by atoms with van der Waals surface area (Å²) in [6.07, 6.45) is 32.6. The maximum atomic E-state index is 2.67. The van der Waals surface area contributed by atoms with E-state index in [2.05, 4.69) is 11.8 Å². The van der Waals surface area contributed by atoms with Crippen LogP contribution < -0.4 is 0 Å². The van der Waals surface area contributed by atoms with Crippen LogP contribution in [0.1, 0.15) is 148 Å². The van der Waals surface area contributed by atoms with E-state index in [0.717, 1.165) is 0 Å². The van der Waals surface area contributed by atoms with Crippen LogP contribution in [-0.2, 0) is 0 Å². The van der Waals surface area contributed by atoms with Gasteiger partial charge >= 0.3 is 0 Å². The molecule has 3 saturated heterocycles. The second-order valence-corrected chi connectivity index (χ2v) is 11.5. The minimum atomic E-state index is 1.37. The summed E-state index contributed by atoms with van der Waals surface area (Å²) >= 11 is 0. The summed E-state index contributed by atoms with van der Waals surface area (Å²) in [7, 11) is 0. The summed E-state index contributed by atoms with van der Waals surface area (Å²) in [5.74, 6) is 0. The monoisotopic (exact) mass is 449 g/mol.